The lowest BCUT2D eigenvalue weighted by atomic mass is 9.82. The Balaban J connectivity index is 1.50. The summed E-state index contributed by atoms with van der Waals surface area (Å²) in [6.45, 7) is -0.407. The molecule has 1 aliphatic rings. The van der Waals surface area contributed by atoms with E-state index in [0.29, 0.717) is 11.0 Å². The number of nitrogens with zero attached hydrogens (tertiary/aromatic N) is 4. The Morgan fingerprint density at radius 1 is 1.34 bits per heavy atom. The van der Waals surface area contributed by atoms with Gasteiger partial charge in [0.1, 0.15) is 11.9 Å². The molecule has 3 N–H and O–H groups in total. The maximum Gasteiger partial charge on any atom is 0.208 e. The maximum atomic E-state index is 9.69. The molecule has 0 fully saturated rings. The van der Waals surface area contributed by atoms with Gasteiger partial charge < -0.3 is 15.5 Å². The molecule has 7 nitrogen and oxygen atoms in total. The minimum Gasteiger partial charge on any atom is -0.393 e. The number of anilines is 2. The summed E-state index contributed by atoms with van der Waals surface area (Å²) in [5, 5.41) is 22.5. The summed E-state index contributed by atoms with van der Waals surface area (Å²) in [7, 11) is 0. The SMILES string of the molecule is OC[C@@H](O)c1nsc(Nc2ncc(Br)cc2CCC2CCCc3ncccc32)n1. The first-order valence-corrected chi connectivity index (χ1v) is 11.2. The quantitative estimate of drug-likeness (QED) is 0.475. The van der Waals surface area contributed by atoms with Gasteiger partial charge >= 0.3 is 0 Å². The normalized spacial score (nSPS) is 17.0. The second-order valence-electron chi connectivity index (χ2n) is 7.11. The molecular formula is C20H22BrN5O2S. The van der Waals surface area contributed by atoms with Gasteiger partial charge in [0.15, 0.2) is 5.82 Å². The van der Waals surface area contributed by atoms with Crippen LogP contribution in [0.15, 0.2) is 35.1 Å². The van der Waals surface area contributed by atoms with Gasteiger partial charge in [-0.3, -0.25) is 4.98 Å². The van der Waals surface area contributed by atoms with Gasteiger partial charge in [0, 0.05) is 34.1 Å². The van der Waals surface area contributed by atoms with Crippen LogP contribution in [0.2, 0.25) is 0 Å². The first-order chi connectivity index (χ1) is 14.1. The van der Waals surface area contributed by atoms with Crippen molar-refractivity contribution in [2.45, 2.75) is 44.1 Å². The monoisotopic (exact) mass is 475 g/mol. The van der Waals surface area contributed by atoms with Crippen molar-refractivity contribution in [3.8, 4) is 0 Å². The highest BCUT2D eigenvalue weighted by Crippen LogP contribution is 2.35. The van der Waals surface area contributed by atoms with Gasteiger partial charge in [0.05, 0.1) is 6.61 Å². The molecule has 0 saturated carbocycles. The van der Waals surface area contributed by atoms with E-state index in [0.717, 1.165) is 46.6 Å². The minimum absolute atomic E-state index is 0.213. The average Bonchev–Trinajstić information content (AvgIpc) is 3.22. The summed E-state index contributed by atoms with van der Waals surface area (Å²) < 4.78 is 5.02. The molecule has 3 aromatic rings. The first-order valence-electron chi connectivity index (χ1n) is 9.62. The molecule has 152 valence electrons. The summed E-state index contributed by atoms with van der Waals surface area (Å²) in [6.07, 6.45) is 7.88. The molecule has 3 heterocycles. The number of halogens is 1. The van der Waals surface area contributed by atoms with Gasteiger partial charge in [-0.15, -0.1) is 0 Å². The van der Waals surface area contributed by atoms with Crippen LogP contribution in [0.4, 0.5) is 10.9 Å². The van der Waals surface area contributed by atoms with Crippen LogP contribution in [0.1, 0.15) is 53.9 Å². The fraction of sp³-hybridized carbons (Fsp3) is 0.400. The number of nitrogens with one attached hydrogen (secondary N) is 1. The predicted octanol–water partition coefficient (Wildman–Crippen LogP) is 3.91. The minimum atomic E-state index is -1.07. The molecule has 0 amide bonds. The van der Waals surface area contributed by atoms with E-state index in [2.05, 4.69) is 52.7 Å². The fourth-order valence-corrected chi connectivity index (χ4v) is 4.72. The molecule has 9 heteroatoms. The van der Waals surface area contributed by atoms with Gasteiger partial charge in [-0.05, 0) is 77.2 Å². The van der Waals surface area contributed by atoms with Crippen molar-refractivity contribution in [2.24, 2.45) is 0 Å². The maximum absolute atomic E-state index is 9.69. The zero-order valence-electron chi connectivity index (χ0n) is 15.8. The topological polar surface area (TPSA) is 104 Å². The number of pyridine rings is 2. The fourth-order valence-electron chi connectivity index (χ4n) is 3.72. The van der Waals surface area contributed by atoms with Crippen molar-refractivity contribution in [3.63, 3.8) is 0 Å². The molecule has 1 aliphatic carbocycles. The Labute approximate surface area is 181 Å². The second kappa shape index (κ2) is 9.25. The second-order valence-corrected chi connectivity index (χ2v) is 8.78. The van der Waals surface area contributed by atoms with Crippen molar-refractivity contribution in [1.29, 1.82) is 0 Å². The molecule has 0 aliphatic heterocycles. The molecule has 0 saturated heterocycles. The third-order valence-corrected chi connectivity index (χ3v) is 6.24. The highest BCUT2D eigenvalue weighted by Gasteiger charge is 2.21. The zero-order valence-corrected chi connectivity index (χ0v) is 18.2. The Bertz CT molecular complexity index is 983. The highest BCUT2D eigenvalue weighted by molar-refractivity contribution is 9.10. The van der Waals surface area contributed by atoms with Gasteiger partial charge in [0.25, 0.3) is 0 Å². The van der Waals surface area contributed by atoms with Crippen LogP contribution in [-0.4, -0.2) is 36.1 Å². The van der Waals surface area contributed by atoms with E-state index in [1.54, 1.807) is 6.20 Å². The first kappa shape index (κ1) is 20.3. The molecule has 0 aromatic carbocycles. The molecule has 1 unspecified atom stereocenters. The molecule has 29 heavy (non-hydrogen) atoms. The number of hydrogen-bond donors (Lipinski definition) is 3. The van der Waals surface area contributed by atoms with Crippen LogP contribution in [0.5, 0.6) is 0 Å². The third kappa shape index (κ3) is 4.80. The van der Waals surface area contributed by atoms with E-state index in [-0.39, 0.29) is 5.82 Å². The molecule has 0 spiro atoms. The highest BCUT2D eigenvalue weighted by atomic mass is 79.9. The lowest BCUT2D eigenvalue weighted by Crippen LogP contribution is -2.12. The third-order valence-electron chi connectivity index (χ3n) is 5.16. The standard InChI is InChI=1S/C20H22BrN5O2S/c21-14-9-13(7-6-12-3-1-5-16-15(12)4-2-8-22-16)18(23-10-14)24-20-25-19(26-29-20)17(28)11-27/h2,4,8-10,12,17,27-28H,1,3,5-7,11H2,(H,23,24,25,26)/t12?,17-/m1/s1. The van der Waals surface area contributed by atoms with E-state index >= 15 is 0 Å². The van der Waals surface area contributed by atoms with Gasteiger partial charge in [-0.25, -0.2) is 9.97 Å². The summed E-state index contributed by atoms with van der Waals surface area (Å²) >= 11 is 4.65. The molecule has 2 atom stereocenters. The van der Waals surface area contributed by atoms with Gasteiger partial charge in [-0.2, -0.15) is 4.37 Å². The van der Waals surface area contributed by atoms with Crippen LogP contribution in [0.25, 0.3) is 0 Å². The lowest BCUT2D eigenvalue weighted by Gasteiger charge is -2.24. The number of hydrogen-bond acceptors (Lipinski definition) is 8. The van der Waals surface area contributed by atoms with Crippen molar-refractivity contribution in [3.05, 3.63) is 57.7 Å². The van der Waals surface area contributed by atoms with Crippen molar-refractivity contribution < 1.29 is 10.2 Å². The Kier molecular flexibility index (Phi) is 6.49. The number of aryl methyl sites for hydroxylation is 2. The van der Waals surface area contributed by atoms with E-state index < -0.39 is 12.7 Å². The van der Waals surface area contributed by atoms with E-state index in [4.69, 9.17) is 5.11 Å². The Hall–Kier alpha value is -1.94. The van der Waals surface area contributed by atoms with E-state index in [1.165, 1.54) is 24.1 Å². The van der Waals surface area contributed by atoms with Crippen molar-refractivity contribution in [1.82, 2.24) is 19.3 Å². The molecular weight excluding hydrogens is 454 g/mol. The van der Waals surface area contributed by atoms with Crippen LogP contribution in [0, 0.1) is 0 Å². The largest absolute Gasteiger partial charge is 0.393 e. The molecule has 4 rings (SSSR count). The van der Waals surface area contributed by atoms with Crippen molar-refractivity contribution >= 4 is 38.4 Å². The summed E-state index contributed by atoms with van der Waals surface area (Å²) in [5.74, 6) is 1.45. The molecule has 0 bridgehead atoms. The van der Waals surface area contributed by atoms with Gasteiger partial charge in [-0.1, -0.05) is 6.07 Å². The van der Waals surface area contributed by atoms with E-state index in [1.807, 2.05) is 12.3 Å². The van der Waals surface area contributed by atoms with Crippen LogP contribution in [0.3, 0.4) is 0 Å². The molecule has 3 aromatic heterocycles. The number of aliphatic hydroxyl groups is 2. The van der Waals surface area contributed by atoms with Gasteiger partial charge in [0.2, 0.25) is 5.13 Å². The smallest absolute Gasteiger partial charge is 0.208 e. The number of rotatable bonds is 7. The van der Waals surface area contributed by atoms with Crippen LogP contribution >= 0.6 is 27.5 Å². The summed E-state index contributed by atoms with van der Waals surface area (Å²) in [4.78, 5) is 13.3. The van der Waals surface area contributed by atoms with Crippen LogP contribution < -0.4 is 5.32 Å². The molecule has 0 radical (unpaired) electrons. The number of aliphatic hydroxyl groups excluding tert-OH is 2. The lowest BCUT2D eigenvalue weighted by molar-refractivity contribution is 0.0897. The summed E-state index contributed by atoms with van der Waals surface area (Å²) in [6, 6.07) is 6.31. The Morgan fingerprint density at radius 2 is 2.24 bits per heavy atom. The summed E-state index contributed by atoms with van der Waals surface area (Å²) in [5.41, 5.74) is 3.70. The predicted molar refractivity (Wildman–Crippen MR) is 115 cm³/mol. The number of fused-ring (bicyclic) bond motifs is 1. The average molecular weight is 476 g/mol. The Morgan fingerprint density at radius 3 is 3.10 bits per heavy atom. The van der Waals surface area contributed by atoms with Crippen molar-refractivity contribution in [2.75, 3.05) is 11.9 Å². The van der Waals surface area contributed by atoms with E-state index in [9.17, 15) is 5.11 Å². The zero-order chi connectivity index (χ0) is 20.2. The van der Waals surface area contributed by atoms with Crippen LogP contribution in [-0.2, 0) is 12.8 Å². The number of aromatic nitrogens is 4.